The Hall–Kier alpha value is -2.48. The molecule has 0 aliphatic heterocycles. The number of anilines is 2. The number of benzene rings is 2. The zero-order valence-corrected chi connectivity index (χ0v) is 17.7. The average molecular weight is 429 g/mol. The molecule has 0 bridgehead atoms. The highest BCUT2D eigenvalue weighted by molar-refractivity contribution is 7.22. The van der Waals surface area contributed by atoms with Gasteiger partial charge in [-0.3, -0.25) is 4.79 Å². The number of thiazole rings is 1. The van der Waals surface area contributed by atoms with E-state index in [0.29, 0.717) is 35.8 Å². The molecular formula is C21H21ClN4O2S. The summed E-state index contributed by atoms with van der Waals surface area (Å²) in [5, 5.41) is 14.0. The van der Waals surface area contributed by atoms with Gasteiger partial charge >= 0.3 is 0 Å². The number of aromatic nitrogens is 3. The highest BCUT2D eigenvalue weighted by Crippen LogP contribution is 2.31. The van der Waals surface area contributed by atoms with Crippen LogP contribution in [0.5, 0.6) is 0 Å². The highest BCUT2D eigenvalue weighted by Gasteiger charge is 2.14. The van der Waals surface area contributed by atoms with E-state index in [-0.39, 0.29) is 11.9 Å². The van der Waals surface area contributed by atoms with E-state index in [1.807, 2.05) is 48.0 Å². The lowest BCUT2D eigenvalue weighted by Crippen LogP contribution is -2.03. The Kier molecular flexibility index (Phi) is 5.54. The first kappa shape index (κ1) is 19.8. The molecule has 2 aromatic carbocycles. The standard InChI is InChI=1S/C21H21ClN4O2S/c1-12(27)4-3-5-18(28)13-6-9-17-16(10-13)23-20(26(17)2)25-21-24-15-8-7-14(22)11-19(15)29-21/h6-12,27H,3-5H2,1-2H3,(H,23,24,25). The van der Waals surface area contributed by atoms with Crippen molar-refractivity contribution in [1.29, 1.82) is 0 Å². The van der Waals surface area contributed by atoms with Crippen LogP contribution in [0.25, 0.3) is 21.3 Å². The second kappa shape index (κ2) is 8.10. The maximum absolute atomic E-state index is 12.4. The number of carbonyl (C=O) groups excluding carboxylic acids is 1. The molecule has 0 spiro atoms. The van der Waals surface area contributed by atoms with Gasteiger partial charge < -0.3 is 15.0 Å². The third kappa shape index (κ3) is 4.27. The minimum absolute atomic E-state index is 0.0655. The van der Waals surface area contributed by atoms with Gasteiger partial charge in [0.1, 0.15) is 0 Å². The second-order valence-corrected chi connectivity index (χ2v) is 8.59. The predicted molar refractivity (Wildman–Crippen MR) is 118 cm³/mol. The van der Waals surface area contributed by atoms with Gasteiger partial charge in [-0.15, -0.1) is 0 Å². The van der Waals surface area contributed by atoms with E-state index in [4.69, 9.17) is 11.6 Å². The maximum Gasteiger partial charge on any atom is 0.209 e. The molecule has 0 fully saturated rings. The van der Waals surface area contributed by atoms with Crippen LogP contribution in [0.1, 0.15) is 36.5 Å². The van der Waals surface area contributed by atoms with Crippen molar-refractivity contribution in [3.8, 4) is 0 Å². The lowest BCUT2D eigenvalue weighted by molar-refractivity contribution is 0.0972. The number of aliphatic hydroxyl groups is 1. The molecule has 1 unspecified atom stereocenters. The number of aliphatic hydroxyl groups excluding tert-OH is 1. The fraction of sp³-hybridized carbons (Fsp3) is 0.286. The number of Topliss-reactive ketones (excluding diaryl/α,β-unsaturated/α-hetero) is 1. The van der Waals surface area contributed by atoms with E-state index >= 15 is 0 Å². The van der Waals surface area contributed by atoms with Crippen molar-refractivity contribution >= 4 is 61.1 Å². The zero-order valence-electron chi connectivity index (χ0n) is 16.1. The molecule has 8 heteroatoms. The monoisotopic (exact) mass is 428 g/mol. The van der Waals surface area contributed by atoms with Gasteiger partial charge in [0.15, 0.2) is 10.9 Å². The lowest BCUT2D eigenvalue weighted by Gasteiger charge is -2.04. The molecule has 29 heavy (non-hydrogen) atoms. The molecule has 0 aliphatic rings. The van der Waals surface area contributed by atoms with E-state index in [1.54, 1.807) is 6.92 Å². The van der Waals surface area contributed by atoms with Crippen molar-refractivity contribution in [2.24, 2.45) is 7.05 Å². The van der Waals surface area contributed by atoms with Crippen molar-refractivity contribution in [2.45, 2.75) is 32.3 Å². The van der Waals surface area contributed by atoms with Crippen molar-refractivity contribution < 1.29 is 9.90 Å². The van der Waals surface area contributed by atoms with Crippen molar-refractivity contribution in [3.05, 3.63) is 47.0 Å². The van der Waals surface area contributed by atoms with Crippen LogP contribution in [-0.2, 0) is 7.05 Å². The summed E-state index contributed by atoms with van der Waals surface area (Å²) in [6.07, 6.45) is 1.33. The number of fused-ring (bicyclic) bond motifs is 2. The van der Waals surface area contributed by atoms with Crippen molar-refractivity contribution in [1.82, 2.24) is 14.5 Å². The number of hydrogen-bond acceptors (Lipinski definition) is 6. The predicted octanol–water partition coefficient (Wildman–Crippen LogP) is 5.31. The van der Waals surface area contributed by atoms with E-state index in [1.165, 1.54) is 11.3 Å². The molecule has 2 heterocycles. The topological polar surface area (TPSA) is 80.0 Å². The Balaban J connectivity index is 1.57. The van der Waals surface area contributed by atoms with Crippen LogP contribution in [-0.4, -0.2) is 31.5 Å². The minimum Gasteiger partial charge on any atom is -0.393 e. The number of halogens is 1. The van der Waals surface area contributed by atoms with E-state index in [2.05, 4.69) is 15.3 Å². The first-order chi connectivity index (χ1) is 13.9. The molecule has 0 amide bonds. The SMILES string of the molecule is CC(O)CCCC(=O)c1ccc2c(c1)nc(Nc1nc3ccc(Cl)cc3s1)n2C. The summed E-state index contributed by atoms with van der Waals surface area (Å²) in [6, 6.07) is 11.2. The molecule has 1 atom stereocenters. The summed E-state index contributed by atoms with van der Waals surface area (Å²) < 4.78 is 2.94. The number of ketones is 1. The van der Waals surface area contributed by atoms with Crippen LogP contribution in [0, 0.1) is 0 Å². The first-order valence-corrected chi connectivity index (χ1v) is 10.6. The molecule has 0 aliphatic carbocycles. The first-order valence-electron chi connectivity index (χ1n) is 9.41. The van der Waals surface area contributed by atoms with Gasteiger partial charge in [0, 0.05) is 24.1 Å². The molecule has 4 aromatic rings. The van der Waals surface area contributed by atoms with Crippen LogP contribution >= 0.6 is 22.9 Å². The van der Waals surface area contributed by atoms with Gasteiger partial charge in [-0.2, -0.15) is 0 Å². The third-order valence-corrected chi connectivity index (χ3v) is 5.97. The second-order valence-electron chi connectivity index (χ2n) is 7.12. The Labute approximate surface area is 177 Å². The van der Waals surface area contributed by atoms with Gasteiger partial charge in [0.2, 0.25) is 5.95 Å². The normalized spacial score (nSPS) is 12.6. The average Bonchev–Trinajstić information content (AvgIpc) is 3.21. The number of hydrogen-bond donors (Lipinski definition) is 2. The summed E-state index contributed by atoms with van der Waals surface area (Å²) in [5.41, 5.74) is 3.20. The fourth-order valence-electron chi connectivity index (χ4n) is 3.23. The van der Waals surface area contributed by atoms with Gasteiger partial charge in [0.05, 0.1) is 27.4 Å². The number of imidazole rings is 1. The quantitative estimate of drug-likeness (QED) is 0.390. The molecule has 0 radical (unpaired) electrons. The Morgan fingerprint density at radius 2 is 2.07 bits per heavy atom. The smallest absolute Gasteiger partial charge is 0.209 e. The molecular weight excluding hydrogens is 408 g/mol. The lowest BCUT2D eigenvalue weighted by atomic mass is 10.0. The van der Waals surface area contributed by atoms with Gasteiger partial charge in [-0.25, -0.2) is 9.97 Å². The minimum atomic E-state index is -0.381. The van der Waals surface area contributed by atoms with Crippen LogP contribution in [0.4, 0.5) is 11.1 Å². The molecule has 0 saturated carbocycles. The van der Waals surface area contributed by atoms with Crippen LogP contribution in [0.15, 0.2) is 36.4 Å². The summed E-state index contributed by atoms with van der Waals surface area (Å²) >= 11 is 7.57. The third-order valence-electron chi connectivity index (χ3n) is 4.80. The zero-order chi connectivity index (χ0) is 20.5. The fourth-order valence-corrected chi connectivity index (χ4v) is 4.37. The number of nitrogens with zero attached hydrogens (tertiary/aromatic N) is 3. The maximum atomic E-state index is 12.4. The largest absolute Gasteiger partial charge is 0.393 e. The summed E-state index contributed by atoms with van der Waals surface area (Å²) in [4.78, 5) is 21.7. The van der Waals surface area contributed by atoms with Crippen molar-refractivity contribution in [2.75, 3.05) is 5.32 Å². The van der Waals surface area contributed by atoms with Crippen LogP contribution < -0.4 is 5.32 Å². The van der Waals surface area contributed by atoms with Gasteiger partial charge in [-0.1, -0.05) is 22.9 Å². The molecule has 2 N–H and O–H groups in total. The van der Waals surface area contributed by atoms with Crippen molar-refractivity contribution in [3.63, 3.8) is 0 Å². The molecule has 6 nitrogen and oxygen atoms in total. The summed E-state index contributed by atoms with van der Waals surface area (Å²) in [7, 11) is 1.92. The Morgan fingerprint density at radius 3 is 2.86 bits per heavy atom. The summed E-state index contributed by atoms with van der Waals surface area (Å²) in [6.45, 7) is 1.74. The van der Waals surface area contributed by atoms with Crippen LogP contribution in [0.2, 0.25) is 5.02 Å². The molecule has 2 aromatic heterocycles. The Morgan fingerprint density at radius 1 is 1.24 bits per heavy atom. The number of carbonyl (C=O) groups is 1. The van der Waals surface area contributed by atoms with Gasteiger partial charge in [0.25, 0.3) is 0 Å². The molecule has 4 rings (SSSR count). The highest BCUT2D eigenvalue weighted by atomic mass is 35.5. The summed E-state index contributed by atoms with van der Waals surface area (Å²) in [5.74, 6) is 0.722. The number of nitrogens with one attached hydrogen (secondary N) is 1. The van der Waals surface area contributed by atoms with Crippen LogP contribution in [0.3, 0.4) is 0 Å². The Bertz CT molecular complexity index is 1200. The van der Waals surface area contributed by atoms with Gasteiger partial charge in [-0.05, 0) is 56.2 Å². The molecule has 150 valence electrons. The molecule has 0 saturated heterocycles. The number of rotatable bonds is 7. The number of aryl methyl sites for hydroxylation is 1. The van der Waals surface area contributed by atoms with E-state index in [9.17, 15) is 9.90 Å². The van der Waals surface area contributed by atoms with E-state index in [0.717, 1.165) is 26.4 Å². The van der Waals surface area contributed by atoms with E-state index < -0.39 is 0 Å².